The number of Topliss-reactive ketones (excluding diaryl/α,β-unsaturated/α-hetero) is 1. The maximum absolute atomic E-state index is 11.4. The molecule has 0 aromatic heterocycles. The van der Waals surface area contributed by atoms with Crippen LogP contribution in [-0.4, -0.2) is 42.7 Å². The molecule has 0 spiro atoms. The van der Waals surface area contributed by atoms with Gasteiger partial charge < -0.3 is 15.2 Å². The summed E-state index contributed by atoms with van der Waals surface area (Å²) in [6, 6.07) is 0. The summed E-state index contributed by atoms with van der Waals surface area (Å²) in [5, 5.41) is 12.3. The highest BCUT2D eigenvalue weighted by atomic mass is 16.5. The molecule has 0 saturated carbocycles. The zero-order valence-corrected chi connectivity index (χ0v) is 11.9. The molecule has 1 unspecified atom stereocenters. The molecule has 0 aliphatic heterocycles. The van der Waals surface area contributed by atoms with E-state index in [1.54, 1.807) is 6.92 Å². The Morgan fingerprint density at radius 1 is 1.32 bits per heavy atom. The van der Waals surface area contributed by atoms with Crippen LogP contribution >= 0.6 is 0 Å². The van der Waals surface area contributed by atoms with Crippen LogP contribution in [-0.2, 0) is 14.3 Å². The van der Waals surface area contributed by atoms with Crippen molar-refractivity contribution in [2.24, 2.45) is 5.92 Å². The van der Waals surface area contributed by atoms with Crippen molar-refractivity contribution in [3.05, 3.63) is 24.3 Å². The predicted octanol–water partition coefficient (Wildman–Crippen LogP) is 0.837. The van der Waals surface area contributed by atoms with Gasteiger partial charge in [0.05, 0.1) is 6.54 Å². The quantitative estimate of drug-likeness (QED) is 0.479. The Bertz CT molecular complexity index is 360. The summed E-state index contributed by atoms with van der Waals surface area (Å²) in [5.74, 6) is -0.611. The summed E-state index contributed by atoms with van der Waals surface area (Å²) >= 11 is 0. The zero-order valence-electron chi connectivity index (χ0n) is 11.9. The van der Waals surface area contributed by atoms with E-state index in [-0.39, 0.29) is 31.4 Å². The Morgan fingerprint density at radius 3 is 2.37 bits per heavy atom. The van der Waals surface area contributed by atoms with Gasteiger partial charge >= 0.3 is 5.97 Å². The summed E-state index contributed by atoms with van der Waals surface area (Å²) in [7, 11) is 0. The largest absolute Gasteiger partial charge is 0.460 e. The van der Waals surface area contributed by atoms with Gasteiger partial charge in [-0.15, -0.1) is 0 Å². The normalized spacial score (nSPS) is 12.1. The number of carbonyl (C=O) groups excluding carboxylic acids is 2. The lowest BCUT2D eigenvalue weighted by atomic mass is 10.1. The molecule has 0 rings (SSSR count). The molecule has 0 amide bonds. The summed E-state index contributed by atoms with van der Waals surface area (Å²) in [5.41, 5.74) is 0.833. The van der Waals surface area contributed by atoms with Crippen molar-refractivity contribution in [3.8, 4) is 0 Å². The third kappa shape index (κ3) is 7.54. The number of rotatable bonds is 9. The van der Waals surface area contributed by atoms with Crippen LogP contribution in [0.2, 0.25) is 0 Å². The molecule has 1 atom stereocenters. The van der Waals surface area contributed by atoms with E-state index in [0.29, 0.717) is 11.1 Å². The lowest BCUT2D eigenvalue weighted by Gasteiger charge is -2.14. The fourth-order valence-corrected chi connectivity index (χ4v) is 1.06. The van der Waals surface area contributed by atoms with E-state index in [2.05, 4.69) is 18.5 Å². The van der Waals surface area contributed by atoms with E-state index in [0.717, 1.165) is 0 Å². The molecule has 0 radical (unpaired) electrons. The summed E-state index contributed by atoms with van der Waals surface area (Å²) in [6.07, 6.45) is -0.859. The highest BCUT2D eigenvalue weighted by Crippen LogP contribution is 2.08. The molecule has 0 heterocycles. The molecule has 0 fully saturated rings. The van der Waals surface area contributed by atoms with Gasteiger partial charge in [0.2, 0.25) is 0 Å². The van der Waals surface area contributed by atoms with Gasteiger partial charge in [-0.3, -0.25) is 4.79 Å². The summed E-state index contributed by atoms with van der Waals surface area (Å²) in [6.45, 7) is 12.6. The second-order valence-electron chi connectivity index (χ2n) is 4.77. The van der Waals surface area contributed by atoms with E-state index >= 15 is 0 Å². The second kappa shape index (κ2) is 8.61. The summed E-state index contributed by atoms with van der Waals surface area (Å²) in [4.78, 5) is 22.7. The highest BCUT2D eigenvalue weighted by Gasteiger charge is 2.14. The zero-order chi connectivity index (χ0) is 15.0. The number of carbonyl (C=O) groups is 2. The van der Waals surface area contributed by atoms with Crippen LogP contribution in [0.1, 0.15) is 20.8 Å². The fraction of sp³-hybridized carbons (Fsp3) is 0.571. The molecule has 0 aromatic rings. The number of hydrogen-bond acceptors (Lipinski definition) is 5. The average Bonchev–Trinajstić information content (AvgIpc) is 2.34. The maximum atomic E-state index is 11.4. The van der Waals surface area contributed by atoms with Crippen molar-refractivity contribution < 1.29 is 19.4 Å². The minimum absolute atomic E-state index is 0.0101. The molecule has 2 N–H and O–H groups in total. The predicted molar refractivity (Wildman–Crippen MR) is 73.6 cm³/mol. The van der Waals surface area contributed by atoms with E-state index in [9.17, 15) is 14.7 Å². The van der Waals surface area contributed by atoms with Crippen LogP contribution in [0.25, 0.3) is 0 Å². The third-order valence-corrected chi connectivity index (χ3v) is 2.51. The van der Waals surface area contributed by atoms with Gasteiger partial charge in [0.25, 0.3) is 0 Å². The van der Waals surface area contributed by atoms with Gasteiger partial charge in [0.15, 0.2) is 5.78 Å². The molecule has 0 saturated heterocycles. The third-order valence-electron chi connectivity index (χ3n) is 2.51. The number of aliphatic hydroxyl groups excluding tert-OH is 1. The van der Waals surface area contributed by atoms with Crippen LogP contribution in [0.4, 0.5) is 0 Å². The molecule has 19 heavy (non-hydrogen) atoms. The van der Waals surface area contributed by atoms with Gasteiger partial charge in [-0.25, -0.2) is 4.79 Å². The first-order valence-electron chi connectivity index (χ1n) is 6.19. The Hall–Kier alpha value is -1.46. The van der Waals surface area contributed by atoms with E-state index in [1.165, 1.54) is 0 Å². The number of nitrogens with one attached hydrogen (secondary N) is 1. The van der Waals surface area contributed by atoms with Gasteiger partial charge in [0.1, 0.15) is 12.7 Å². The smallest absolute Gasteiger partial charge is 0.333 e. The summed E-state index contributed by atoms with van der Waals surface area (Å²) < 4.78 is 4.90. The Labute approximate surface area is 114 Å². The monoisotopic (exact) mass is 269 g/mol. The van der Waals surface area contributed by atoms with Crippen molar-refractivity contribution in [1.29, 1.82) is 0 Å². The number of ketones is 1. The molecule has 0 bridgehead atoms. The van der Waals surface area contributed by atoms with Crippen LogP contribution in [0.3, 0.4) is 0 Å². The molecule has 5 heteroatoms. The standard InChI is InChI=1S/C14H23NO4/c1-9(2)11(5)14(18)19-8-12(16)6-15-7-13(17)10(3)4/h9,12,15-16H,3,5-8H2,1-2,4H3. The Morgan fingerprint density at radius 2 is 1.89 bits per heavy atom. The van der Waals surface area contributed by atoms with Crippen molar-refractivity contribution in [1.82, 2.24) is 5.32 Å². The Balaban J connectivity index is 3.85. The van der Waals surface area contributed by atoms with Crippen LogP contribution < -0.4 is 5.32 Å². The van der Waals surface area contributed by atoms with Gasteiger partial charge in [-0.05, 0) is 18.4 Å². The molecule has 5 nitrogen and oxygen atoms in total. The Kier molecular flexibility index (Phi) is 7.95. The van der Waals surface area contributed by atoms with Crippen molar-refractivity contribution in [2.75, 3.05) is 19.7 Å². The van der Waals surface area contributed by atoms with Crippen molar-refractivity contribution >= 4 is 11.8 Å². The molecular formula is C14H23NO4. The second-order valence-corrected chi connectivity index (χ2v) is 4.77. The van der Waals surface area contributed by atoms with Gasteiger partial charge in [-0.2, -0.15) is 0 Å². The minimum Gasteiger partial charge on any atom is -0.460 e. The van der Waals surface area contributed by atoms with E-state index in [1.807, 2.05) is 13.8 Å². The number of aliphatic hydroxyl groups is 1. The number of ether oxygens (including phenoxy) is 1. The average molecular weight is 269 g/mol. The lowest BCUT2D eigenvalue weighted by Crippen LogP contribution is -2.34. The number of esters is 1. The van der Waals surface area contributed by atoms with Gasteiger partial charge in [-0.1, -0.05) is 27.0 Å². The highest BCUT2D eigenvalue weighted by molar-refractivity contribution is 5.95. The molecular weight excluding hydrogens is 246 g/mol. The SMILES string of the molecule is C=C(C)C(=O)CNCC(O)COC(=O)C(=C)C(C)C. The van der Waals surface area contributed by atoms with Gasteiger partial charge in [0, 0.05) is 12.1 Å². The van der Waals surface area contributed by atoms with Crippen LogP contribution in [0, 0.1) is 5.92 Å². The lowest BCUT2D eigenvalue weighted by molar-refractivity contribution is -0.142. The topological polar surface area (TPSA) is 75.6 Å². The fourth-order valence-electron chi connectivity index (χ4n) is 1.06. The van der Waals surface area contributed by atoms with Crippen molar-refractivity contribution in [3.63, 3.8) is 0 Å². The maximum Gasteiger partial charge on any atom is 0.333 e. The number of hydrogen-bond donors (Lipinski definition) is 2. The first kappa shape index (κ1) is 17.5. The molecule has 108 valence electrons. The molecule has 0 aliphatic carbocycles. The van der Waals surface area contributed by atoms with Crippen LogP contribution in [0.15, 0.2) is 24.3 Å². The first-order valence-corrected chi connectivity index (χ1v) is 6.19. The van der Waals surface area contributed by atoms with Crippen LogP contribution in [0.5, 0.6) is 0 Å². The van der Waals surface area contributed by atoms with E-state index < -0.39 is 12.1 Å². The first-order chi connectivity index (χ1) is 8.75. The van der Waals surface area contributed by atoms with E-state index in [4.69, 9.17) is 4.74 Å². The molecule has 0 aromatic carbocycles. The minimum atomic E-state index is -0.859. The van der Waals surface area contributed by atoms with Crippen molar-refractivity contribution in [2.45, 2.75) is 26.9 Å². The molecule has 0 aliphatic rings.